The molecule has 0 saturated heterocycles. The van der Waals surface area contributed by atoms with Gasteiger partial charge in [-0.15, -0.1) is 0 Å². The smallest absolute Gasteiger partial charge is 0.143 e. The van der Waals surface area contributed by atoms with Gasteiger partial charge in [-0.1, -0.05) is 178 Å². The predicted octanol–water partition coefficient (Wildman–Crippen LogP) is 13.6. The zero-order valence-electron chi connectivity index (χ0n) is 28.7. The van der Waals surface area contributed by atoms with Crippen LogP contribution in [-0.4, -0.2) is 0 Å². The van der Waals surface area contributed by atoms with Gasteiger partial charge >= 0.3 is 0 Å². The average molecular weight is 653 g/mol. The number of benzene rings is 8. The highest BCUT2D eigenvalue weighted by atomic mass is 16.3. The molecule has 1 atom stereocenters. The second-order valence-electron chi connectivity index (χ2n) is 14.4. The molecule has 1 nitrogen and oxygen atoms in total. The minimum absolute atomic E-state index is 0.0207. The highest BCUT2D eigenvalue weighted by Crippen LogP contribution is 2.51. The van der Waals surface area contributed by atoms with Crippen LogP contribution in [0.1, 0.15) is 47.6 Å². The van der Waals surface area contributed by atoms with Crippen LogP contribution < -0.4 is 0 Å². The zero-order chi connectivity index (χ0) is 34.1. The molecule has 1 aliphatic carbocycles. The van der Waals surface area contributed by atoms with Crippen molar-refractivity contribution >= 4 is 32.7 Å². The number of furan rings is 1. The summed E-state index contributed by atoms with van der Waals surface area (Å²) in [7, 11) is 0. The summed E-state index contributed by atoms with van der Waals surface area (Å²) in [5.74, 6) is -0.0207. The maximum absolute atomic E-state index is 6.69. The zero-order valence-corrected chi connectivity index (χ0v) is 28.7. The van der Waals surface area contributed by atoms with Crippen molar-refractivity contribution in [1.82, 2.24) is 0 Å². The molecule has 8 aromatic carbocycles. The molecule has 1 heterocycles. The Hall–Kier alpha value is -6.18. The van der Waals surface area contributed by atoms with Gasteiger partial charge in [-0.3, -0.25) is 0 Å². The first kappa shape index (κ1) is 29.7. The SMILES string of the molecule is CC1(C)c2ccccc2-c2ccc(C(c3ccc(-c4ccccc4)cc3)c3cccc4c3c(-c3ccccc3)cc3c5ccccc5oc43)cc21. The second kappa shape index (κ2) is 11.4. The average Bonchev–Trinajstić information content (AvgIpc) is 3.68. The van der Waals surface area contributed by atoms with E-state index in [-0.39, 0.29) is 11.3 Å². The summed E-state index contributed by atoms with van der Waals surface area (Å²) < 4.78 is 6.69. The highest BCUT2D eigenvalue weighted by Gasteiger charge is 2.36. The molecule has 0 N–H and O–H groups in total. The van der Waals surface area contributed by atoms with E-state index in [1.165, 1.54) is 66.6 Å². The molecule has 0 bridgehead atoms. The minimum atomic E-state index is -0.0992. The normalized spacial score (nSPS) is 13.8. The highest BCUT2D eigenvalue weighted by molar-refractivity contribution is 6.20. The molecule has 1 aliphatic rings. The molecule has 1 unspecified atom stereocenters. The van der Waals surface area contributed by atoms with E-state index in [1.807, 2.05) is 0 Å². The summed E-state index contributed by atoms with van der Waals surface area (Å²) in [6.07, 6.45) is 0. The van der Waals surface area contributed by atoms with E-state index in [2.05, 4.69) is 190 Å². The van der Waals surface area contributed by atoms with Crippen molar-refractivity contribution < 1.29 is 4.42 Å². The molecule has 0 spiro atoms. The molecule has 10 rings (SSSR count). The van der Waals surface area contributed by atoms with Crippen LogP contribution in [0.5, 0.6) is 0 Å². The Morgan fingerprint density at radius 1 is 0.431 bits per heavy atom. The Morgan fingerprint density at radius 2 is 1.06 bits per heavy atom. The first-order chi connectivity index (χ1) is 25.1. The number of fused-ring (bicyclic) bond motifs is 8. The maximum Gasteiger partial charge on any atom is 0.143 e. The monoisotopic (exact) mass is 652 g/mol. The van der Waals surface area contributed by atoms with Gasteiger partial charge in [-0.25, -0.2) is 0 Å². The van der Waals surface area contributed by atoms with Crippen LogP contribution in [0.25, 0.3) is 66.1 Å². The fourth-order valence-electron chi connectivity index (χ4n) is 8.72. The van der Waals surface area contributed by atoms with Crippen LogP contribution in [0.2, 0.25) is 0 Å². The standard InChI is InChI=1S/C50H36O/c1-50(2)44-22-11-9-18-37(44)38-29-28-36(30-45(38)50)47(35-26-24-33(25-27-35)32-14-5-3-6-15-32)40-20-13-21-41-48(40)42(34-16-7-4-8-17-34)31-43-39-19-10-12-23-46(39)51-49(41)43/h3-31,47H,1-2H3. The lowest BCUT2D eigenvalue weighted by Crippen LogP contribution is -2.16. The lowest BCUT2D eigenvalue weighted by Gasteiger charge is -2.26. The fourth-order valence-corrected chi connectivity index (χ4v) is 8.72. The molecule has 1 heteroatoms. The third-order valence-corrected chi connectivity index (χ3v) is 11.2. The summed E-state index contributed by atoms with van der Waals surface area (Å²) in [6.45, 7) is 4.74. The van der Waals surface area contributed by atoms with Gasteiger partial charge in [0.05, 0.1) is 0 Å². The Bertz CT molecular complexity index is 2750. The van der Waals surface area contributed by atoms with E-state index in [0.29, 0.717) is 0 Å². The Labute approximate surface area is 298 Å². The van der Waals surface area contributed by atoms with Gasteiger partial charge in [0.25, 0.3) is 0 Å². The Balaban J connectivity index is 1.27. The summed E-state index contributed by atoms with van der Waals surface area (Å²) in [5, 5.41) is 4.66. The van der Waals surface area contributed by atoms with Crippen molar-refractivity contribution in [2.75, 3.05) is 0 Å². The number of para-hydroxylation sites is 1. The van der Waals surface area contributed by atoms with E-state index in [1.54, 1.807) is 0 Å². The quantitative estimate of drug-likeness (QED) is 0.169. The topological polar surface area (TPSA) is 13.1 Å². The summed E-state index contributed by atoms with van der Waals surface area (Å²) in [5.41, 5.74) is 15.9. The largest absolute Gasteiger partial charge is 0.455 e. The number of rotatable bonds is 5. The number of hydrogen-bond acceptors (Lipinski definition) is 1. The third-order valence-electron chi connectivity index (χ3n) is 11.2. The molecule has 9 aromatic rings. The van der Waals surface area contributed by atoms with Crippen LogP contribution in [0.4, 0.5) is 0 Å². The minimum Gasteiger partial charge on any atom is -0.455 e. The van der Waals surface area contributed by atoms with Crippen molar-refractivity contribution in [3.63, 3.8) is 0 Å². The van der Waals surface area contributed by atoms with Gasteiger partial charge in [0.15, 0.2) is 0 Å². The molecular formula is C50H36O. The molecule has 0 radical (unpaired) electrons. The molecule has 51 heavy (non-hydrogen) atoms. The van der Waals surface area contributed by atoms with Gasteiger partial charge < -0.3 is 4.42 Å². The van der Waals surface area contributed by atoms with Crippen molar-refractivity contribution in [2.45, 2.75) is 25.2 Å². The van der Waals surface area contributed by atoms with Crippen molar-refractivity contribution in [2.24, 2.45) is 0 Å². The molecule has 0 aliphatic heterocycles. The van der Waals surface area contributed by atoms with E-state index in [4.69, 9.17) is 4.42 Å². The molecular weight excluding hydrogens is 617 g/mol. The Morgan fingerprint density at radius 3 is 1.86 bits per heavy atom. The van der Waals surface area contributed by atoms with E-state index < -0.39 is 0 Å². The molecule has 0 amide bonds. The van der Waals surface area contributed by atoms with E-state index in [0.717, 1.165) is 27.3 Å². The lowest BCUT2D eigenvalue weighted by molar-refractivity contribution is 0.659. The summed E-state index contributed by atoms with van der Waals surface area (Å²) in [6, 6.07) is 64.4. The van der Waals surface area contributed by atoms with Gasteiger partial charge in [0, 0.05) is 27.5 Å². The van der Waals surface area contributed by atoms with Crippen LogP contribution in [0.3, 0.4) is 0 Å². The third kappa shape index (κ3) is 4.62. The van der Waals surface area contributed by atoms with Gasteiger partial charge in [0.2, 0.25) is 0 Å². The van der Waals surface area contributed by atoms with Crippen LogP contribution in [-0.2, 0) is 5.41 Å². The van der Waals surface area contributed by atoms with E-state index >= 15 is 0 Å². The lowest BCUT2D eigenvalue weighted by atomic mass is 9.77. The number of hydrogen-bond donors (Lipinski definition) is 0. The summed E-state index contributed by atoms with van der Waals surface area (Å²) >= 11 is 0. The molecule has 0 saturated carbocycles. The van der Waals surface area contributed by atoms with Crippen molar-refractivity contribution in [3.05, 3.63) is 204 Å². The first-order valence-corrected chi connectivity index (χ1v) is 17.9. The van der Waals surface area contributed by atoms with Crippen molar-refractivity contribution in [1.29, 1.82) is 0 Å². The molecule has 0 fully saturated rings. The van der Waals surface area contributed by atoms with Crippen LogP contribution in [0.15, 0.2) is 180 Å². The Kier molecular flexibility index (Phi) is 6.66. The van der Waals surface area contributed by atoms with Gasteiger partial charge in [-0.05, 0) is 78.7 Å². The van der Waals surface area contributed by atoms with Gasteiger partial charge in [-0.2, -0.15) is 0 Å². The van der Waals surface area contributed by atoms with Crippen LogP contribution in [0, 0.1) is 0 Å². The second-order valence-corrected chi connectivity index (χ2v) is 14.4. The van der Waals surface area contributed by atoms with Crippen LogP contribution >= 0.6 is 0 Å². The first-order valence-electron chi connectivity index (χ1n) is 17.9. The van der Waals surface area contributed by atoms with Gasteiger partial charge in [0.1, 0.15) is 11.2 Å². The molecule has 242 valence electrons. The predicted molar refractivity (Wildman–Crippen MR) is 213 cm³/mol. The van der Waals surface area contributed by atoms with E-state index in [9.17, 15) is 0 Å². The molecule has 1 aromatic heterocycles. The maximum atomic E-state index is 6.69. The fraction of sp³-hybridized carbons (Fsp3) is 0.0800. The van der Waals surface area contributed by atoms with Crippen molar-refractivity contribution in [3.8, 4) is 33.4 Å². The summed E-state index contributed by atoms with van der Waals surface area (Å²) in [4.78, 5) is 0.